The average Bonchev–Trinajstić information content (AvgIpc) is 2.53. The Labute approximate surface area is 141 Å². The smallest absolute Gasteiger partial charge is 0.0171 e. The van der Waals surface area contributed by atoms with Gasteiger partial charge in [0, 0.05) is 0 Å². The first-order valence-electron chi connectivity index (χ1n) is 10.5. The monoisotopic (exact) mass is 305 g/mol. The molecule has 0 aromatic rings. The van der Waals surface area contributed by atoms with E-state index in [1.54, 1.807) is 0 Å². The van der Waals surface area contributed by atoms with Gasteiger partial charge >= 0.3 is 0 Å². The molecular weight excluding hydrogens is 264 g/mol. The molecule has 0 amide bonds. The third kappa shape index (κ3) is 14.7. The predicted octanol–water partition coefficient (Wildman–Crippen LogP) is 8.17. The molecule has 0 spiro atoms. The summed E-state index contributed by atoms with van der Waals surface area (Å²) >= 11 is 0. The summed E-state index contributed by atoms with van der Waals surface area (Å²) < 4.78 is 0. The van der Waals surface area contributed by atoms with Crippen LogP contribution < -0.4 is 0 Å². The van der Waals surface area contributed by atoms with Crippen LogP contribution in [0.25, 0.3) is 0 Å². The van der Waals surface area contributed by atoms with Crippen molar-refractivity contribution in [2.24, 2.45) is 0 Å². The molecule has 0 saturated heterocycles. The molecule has 0 aromatic heterocycles. The molecule has 0 heteroatoms. The van der Waals surface area contributed by atoms with Crippen molar-refractivity contribution < 1.29 is 0 Å². The van der Waals surface area contributed by atoms with E-state index in [9.17, 15) is 0 Å². The highest BCUT2D eigenvalue weighted by Gasteiger charge is 1.95. The lowest BCUT2D eigenvalue weighted by molar-refractivity contribution is 0.525. The van der Waals surface area contributed by atoms with Crippen molar-refractivity contribution in [1.29, 1.82) is 0 Å². The van der Waals surface area contributed by atoms with Crippen LogP contribution in [-0.4, -0.2) is 0 Å². The maximum absolute atomic E-state index is 2.38. The molecule has 0 saturated carbocycles. The van der Waals surface area contributed by atoms with Gasteiger partial charge in [-0.15, -0.1) is 0 Å². The number of rotatable bonds is 0. The van der Waals surface area contributed by atoms with Crippen LogP contribution in [0.1, 0.15) is 122 Å². The van der Waals surface area contributed by atoms with Crippen LogP contribution in [0.4, 0.5) is 0 Å². The van der Waals surface area contributed by atoms with E-state index in [1.807, 2.05) is 0 Å². The fourth-order valence-electron chi connectivity index (χ4n) is 3.46. The van der Waals surface area contributed by atoms with E-state index in [1.165, 1.54) is 122 Å². The second-order valence-corrected chi connectivity index (χ2v) is 7.25. The molecule has 129 valence electrons. The van der Waals surface area contributed by atoms with Gasteiger partial charge in [0.25, 0.3) is 0 Å². The van der Waals surface area contributed by atoms with Gasteiger partial charge in [-0.3, -0.25) is 0 Å². The Morgan fingerprint density at radius 2 is 0.636 bits per heavy atom. The van der Waals surface area contributed by atoms with Gasteiger partial charge in [0.15, 0.2) is 0 Å². The Hall–Kier alpha value is -0.260. The van der Waals surface area contributed by atoms with Gasteiger partial charge in [-0.25, -0.2) is 0 Å². The minimum Gasteiger partial charge on any atom is -0.0882 e. The molecule has 0 N–H and O–H groups in total. The van der Waals surface area contributed by atoms with Crippen molar-refractivity contribution >= 4 is 0 Å². The van der Waals surface area contributed by atoms with Gasteiger partial charge in [-0.05, 0) is 25.7 Å². The van der Waals surface area contributed by atoms with E-state index in [2.05, 4.69) is 18.6 Å². The van der Waals surface area contributed by atoms with Gasteiger partial charge in [-0.1, -0.05) is 115 Å². The lowest BCUT2D eigenvalue weighted by Crippen LogP contribution is -1.84. The first-order valence-corrected chi connectivity index (χ1v) is 10.5. The topological polar surface area (TPSA) is 0 Å². The molecule has 0 atom stereocenters. The Morgan fingerprint density at radius 3 is 1.05 bits per heavy atom. The van der Waals surface area contributed by atoms with Crippen molar-refractivity contribution in [2.45, 2.75) is 122 Å². The van der Waals surface area contributed by atoms with Crippen LogP contribution in [0, 0.1) is 6.42 Å². The Balaban J connectivity index is 2.05. The minimum absolute atomic E-state index is 1.29. The van der Waals surface area contributed by atoms with Crippen LogP contribution in [-0.2, 0) is 0 Å². The molecular formula is C22H41. The largest absolute Gasteiger partial charge is 0.0882 e. The van der Waals surface area contributed by atoms with Crippen LogP contribution >= 0.6 is 0 Å². The van der Waals surface area contributed by atoms with E-state index < -0.39 is 0 Å². The lowest BCUT2D eigenvalue weighted by atomic mass is 10.0. The molecule has 0 aliphatic heterocycles. The minimum atomic E-state index is 1.29. The standard InChI is InChI=1S/C22H41/c1-2-4-6-8-10-12-14-16-18-20-22-21-19-17-15-13-11-9-7-5-3-1/h1-3H,4-22H2. The molecule has 1 aliphatic carbocycles. The van der Waals surface area contributed by atoms with Crippen molar-refractivity contribution in [2.75, 3.05) is 0 Å². The molecule has 0 unspecified atom stereocenters. The second kappa shape index (κ2) is 17.1. The Morgan fingerprint density at radius 1 is 0.318 bits per heavy atom. The van der Waals surface area contributed by atoms with Crippen LogP contribution in [0.2, 0.25) is 0 Å². The Kier molecular flexibility index (Phi) is 15.4. The third-order valence-electron chi connectivity index (χ3n) is 5.01. The van der Waals surface area contributed by atoms with Gasteiger partial charge < -0.3 is 0 Å². The predicted molar refractivity (Wildman–Crippen MR) is 101 cm³/mol. The quantitative estimate of drug-likeness (QED) is 0.423. The van der Waals surface area contributed by atoms with E-state index >= 15 is 0 Å². The summed E-state index contributed by atoms with van der Waals surface area (Å²) in [6.07, 6.45) is 34.5. The number of hydrogen-bond donors (Lipinski definition) is 0. The summed E-state index contributed by atoms with van der Waals surface area (Å²) in [5.74, 6) is 0. The van der Waals surface area contributed by atoms with E-state index in [0.717, 1.165) is 0 Å². The maximum Gasteiger partial charge on any atom is -0.0171 e. The molecule has 1 aliphatic rings. The van der Waals surface area contributed by atoms with Gasteiger partial charge in [0.2, 0.25) is 0 Å². The molecule has 0 heterocycles. The summed E-state index contributed by atoms with van der Waals surface area (Å²) in [7, 11) is 0. The number of hydrogen-bond acceptors (Lipinski definition) is 0. The third-order valence-corrected chi connectivity index (χ3v) is 5.01. The summed E-state index contributed by atoms with van der Waals surface area (Å²) in [6.45, 7) is 0. The molecule has 22 heavy (non-hydrogen) atoms. The van der Waals surface area contributed by atoms with Crippen molar-refractivity contribution in [3.8, 4) is 0 Å². The highest BCUT2D eigenvalue weighted by molar-refractivity contribution is 4.94. The zero-order valence-corrected chi connectivity index (χ0v) is 15.2. The zero-order chi connectivity index (χ0) is 15.6. The van der Waals surface area contributed by atoms with Crippen LogP contribution in [0.5, 0.6) is 0 Å². The Bertz CT molecular complexity index is 204. The summed E-state index contributed by atoms with van der Waals surface area (Å²) in [5.41, 5.74) is 0. The van der Waals surface area contributed by atoms with Crippen molar-refractivity contribution in [1.82, 2.24) is 0 Å². The number of allylic oxidation sites excluding steroid dienone is 2. The van der Waals surface area contributed by atoms with Gasteiger partial charge in [0.1, 0.15) is 0 Å². The fraction of sp³-hybridized carbons (Fsp3) is 0.864. The first-order chi connectivity index (χ1) is 11.0. The SMILES string of the molecule is [CH]1C=CCCCCCCCCCCCCCCCCCCC1. The van der Waals surface area contributed by atoms with Crippen LogP contribution in [0.3, 0.4) is 0 Å². The summed E-state index contributed by atoms with van der Waals surface area (Å²) in [6, 6.07) is 0. The van der Waals surface area contributed by atoms with Crippen molar-refractivity contribution in [3.05, 3.63) is 18.6 Å². The highest BCUT2D eigenvalue weighted by Crippen LogP contribution is 2.15. The molecule has 0 nitrogen and oxygen atoms in total. The van der Waals surface area contributed by atoms with Crippen molar-refractivity contribution in [3.63, 3.8) is 0 Å². The lowest BCUT2D eigenvalue weighted by Gasteiger charge is -2.04. The fourth-order valence-corrected chi connectivity index (χ4v) is 3.46. The van der Waals surface area contributed by atoms with Gasteiger partial charge in [0.05, 0.1) is 0 Å². The first kappa shape index (κ1) is 19.8. The zero-order valence-electron chi connectivity index (χ0n) is 15.2. The molecule has 1 radical (unpaired) electrons. The maximum atomic E-state index is 2.38. The van der Waals surface area contributed by atoms with E-state index in [-0.39, 0.29) is 0 Å². The van der Waals surface area contributed by atoms with E-state index in [0.29, 0.717) is 0 Å². The normalized spacial score (nSPS) is 23.3. The molecule has 0 aromatic carbocycles. The summed E-state index contributed by atoms with van der Waals surface area (Å²) in [5, 5.41) is 0. The molecule has 1 rings (SSSR count). The summed E-state index contributed by atoms with van der Waals surface area (Å²) in [4.78, 5) is 0. The molecule has 0 bridgehead atoms. The van der Waals surface area contributed by atoms with E-state index in [4.69, 9.17) is 0 Å². The molecule has 0 fully saturated rings. The second-order valence-electron chi connectivity index (χ2n) is 7.25. The average molecular weight is 306 g/mol. The highest BCUT2D eigenvalue weighted by atomic mass is 14.0. The van der Waals surface area contributed by atoms with Gasteiger partial charge in [-0.2, -0.15) is 0 Å². The van der Waals surface area contributed by atoms with Crippen LogP contribution in [0.15, 0.2) is 12.2 Å².